The summed E-state index contributed by atoms with van der Waals surface area (Å²) in [5, 5.41) is 0. The Kier molecular flexibility index (Phi) is 8.48. The van der Waals surface area contributed by atoms with Gasteiger partial charge in [-0.2, -0.15) is 34.8 Å². The summed E-state index contributed by atoms with van der Waals surface area (Å²) in [6.45, 7) is -0.0807. The molecule has 2 rings (SSSR count). The maximum atomic E-state index is 13.2. The molecule has 0 fully saturated rings. The molecule has 37 heavy (non-hydrogen) atoms. The maximum absolute atomic E-state index is 13.2. The van der Waals surface area contributed by atoms with Crippen LogP contribution in [0.4, 0.5) is 35.1 Å². The fraction of sp³-hybridized carbons (Fsp3) is 0.368. The number of ether oxygens (including phenoxy) is 2. The van der Waals surface area contributed by atoms with Crippen molar-refractivity contribution in [3.8, 4) is 11.4 Å². The number of carbonyl (C=O) groups excluding carboxylic acids is 2. The van der Waals surface area contributed by atoms with Crippen molar-refractivity contribution >= 4 is 22.1 Å². The number of rotatable bonds is 8. The van der Waals surface area contributed by atoms with Gasteiger partial charge in [0.15, 0.2) is 0 Å². The van der Waals surface area contributed by atoms with Gasteiger partial charge in [0, 0.05) is 19.3 Å². The van der Waals surface area contributed by atoms with Crippen molar-refractivity contribution in [1.29, 1.82) is 0 Å². The molecule has 0 aliphatic heterocycles. The second kappa shape index (κ2) is 10.5. The Morgan fingerprint density at radius 2 is 1.27 bits per heavy atom. The van der Waals surface area contributed by atoms with E-state index in [4.69, 9.17) is 4.55 Å². The minimum atomic E-state index is -5.55. The summed E-state index contributed by atoms with van der Waals surface area (Å²) in [5.41, 5.74) is -1.31. The minimum Gasteiger partial charge on any atom is -0.448 e. The van der Waals surface area contributed by atoms with Gasteiger partial charge in [-0.25, -0.2) is 18.4 Å². The zero-order valence-electron chi connectivity index (χ0n) is 18.0. The summed E-state index contributed by atoms with van der Waals surface area (Å²) < 4.78 is 141. The third-order valence-corrected chi connectivity index (χ3v) is 4.94. The van der Waals surface area contributed by atoms with Gasteiger partial charge in [-0.1, -0.05) is 0 Å². The van der Waals surface area contributed by atoms with Crippen LogP contribution in [0.1, 0.15) is 27.6 Å². The number of nitrogens with zero attached hydrogens (tertiary/aromatic N) is 2. The number of aromatic nitrogens is 2. The lowest BCUT2D eigenvalue weighted by molar-refractivity contribution is -0.263. The molecule has 0 bridgehead atoms. The maximum Gasteiger partial charge on any atom is 0.431 e. The molecule has 1 N–H and O–H groups in total. The fourth-order valence-corrected chi connectivity index (χ4v) is 3.19. The minimum absolute atomic E-state index is 0.0602. The molecule has 0 aromatic carbocycles. The van der Waals surface area contributed by atoms with Crippen LogP contribution in [0.25, 0.3) is 11.4 Å². The highest BCUT2D eigenvalue weighted by molar-refractivity contribution is 7.85. The zero-order chi connectivity index (χ0) is 28.4. The molecule has 2 atom stereocenters. The van der Waals surface area contributed by atoms with E-state index in [1.165, 1.54) is 0 Å². The molecule has 0 amide bonds. The summed E-state index contributed by atoms with van der Waals surface area (Å²) in [6, 6.07) is 3.85. The number of halogens is 8. The van der Waals surface area contributed by atoms with Gasteiger partial charge in [0.05, 0.1) is 22.5 Å². The molecule has 0 radical (unpaired) electrons. The summed E-state index contributed by atoms with van der Waals surface area (Å²) in [5.74, 6) is -9.76. The Balaban J connectivity index is 2.15. The van der Waals surface area contributed by atoms with Crippen LogP contribution in [0.3, 0.4) is 0 Å². The van der Waals surface area contributed by atoms with Crippen LogP contribution in [-0.2, 0) is 19.6 Å². The van der Waals surface area contributed by atoms with Crippen LogP contribution >= 0.6 is 0 Å². The molecule has 2 aromatic rings. The number of carbonyl (C=O) groups is 2. The van der Waals surface area contributed by atoms with Gasteiger partial charge in [-0.05, 0) is 24.3 Å². The molecular weight excluding hydrogens is 552 g/mol. The van der Waals surface area contributed by atoms with Crippen molar-refractivity contribution in [3.63, 3.8) is 0 Å². The number of hydrogen-bond donors (Lipinski definition) is 1. The average molecular weight is 566 g/mol. The van der Waals surface area contributed by atoms with E-state index in [0.29, 0.717) is 6.20 Å². The molecule has 2 unspecified atom stereocenters. The molecule has 0 spiro atoms. The summed E-state index contributed by atoms with van der Waals surface area (Å²) in [6.07, 6.45) is -16.4. The lowest BCUT2D eigenvalue weighted by Crippen LogP contribution is -2.46. The van der Waals surface area contributed by atoms with Gasteiger partial charge in [0.1, 0.15) is 5.75 Å². The molecule has 2 aromatic heterocycles. The Bertz CT molecular complexity index is 1210. The second-order valence-corrected chi connectivity index (χ2v) is 8.83. The lowest BCUT2D eigenvalue weighted by atomic mass is 10.1. The number of alkyl halides is 8. The van der Waals surface area contributed by atoms with Crippen LogP contribution in [-0.4, -0.2) is 71.1 Å². The molecule has 0 saturated carbocycles. The number of esters is 2. The SMILES string of the molecule is CC(F)(F)C(OC(=O)c1ccc(-c2ccc(C(=O)OC(CS(=O)(=O)O)C(F)(F)F)cn2)nc1)C(F)(F)F. The highest BCUT2D eigenvalue weighted by Gasteiger charge is 2.56. The monoisotopic (exact) mass is 566 g/mol. The first kappa shape index (κ1) is 29.8. The van der Waals surface area contributed by atoms with E-state index in [-0.39, 0.29) is 18.3 Å². The predicted octanol–water partition coefficient (Wildman–Crippen LogP) is 3.86. The van der Waals surface area contributed by atoms with Gasteiger partial charge < -0.3 is 9.47 Å². The van der Waals surface area contributed by atoms with Gasteiger partial charge >= 0.3 is 24.3 Å². The van der Waals surface area contributed by atoms with Crippen molar-refractivity contribution in [3.05, 3.63) is 47.8 Å². The van der Waals surface area contributed by atoms with Crippen LogP contribution in [0.5, 0.6) is 0 Å². The van der Waals surface area contributed by atoms with Crippen molar-refractivity contribution in [2.45, 2.75) is 37.4 Å². The fourth-order valence-electron chi connectivity index (χ4n) is 2.55. The summed E-state index contributed by atoms with van der Waals surface area (Å²) in [4.78, 5) is 31.2. The smallest absolute Gasteiger partial charge is 0.431 e. The van der Waals surface area contributed by atoms with Gasteiger partial charge in [-0.3, -0.25) is 14.5 Å². The van der Waals surface area contributed by atoms with Crippen molar-refractivity contribution in [1.82, 2.24) is 9.97 Å². The van der Waals surface area contributed by atoms with Crippen LogP contribution in [0.15, 0.2) is 36.7 Å². The highest BCUT2D eigenvalue weighted by Crippen LogP contribution is 2.35. The standard InChI is InChI=1S/C19H14F8N2O7S/c1-17(20,21)16(19(25,26)27)36-15(31)10-3-5-12(29-7-10)11-4-2-9(6-28-11)14(30)35-13(18(22,23)24)8-37(32,33)34/h2-7,13,16H,8H2,1H3,(H,32,33,34). The lowest BCUT2D eigenvalue weighted by Gasteiger charge is -2.25. The second-order valence-electron chi connectivity index (χ2n) is 7.33. The van der Waals surface area contributed by atoms with Crippen LogP contribution in [0.2, 0.25) is 0 Å². The van der Waals surface area contributed by atoms with E-state index in [1.54, 1.807) is 0 Å². The van der Waals surface area contributed by atoms with Crippen LogP contribution in [0, 0.1) is 0 Å². The zero-order valence-corrected chi connectivity index (χ0v) is 18.9. The predicted molar refractivity (Wildman–Crippen MR) is 105 cm³/mol. The van der Waals surface area contributed by atoms with Crippen molar-refractivity contribution in [2.75, 3.05) is 5.75 Å². The first-order valence-corrected chi connectivity index (χ1v) is 11.1. The molecule has 0 saturated heterocycles. The third-order valence-electron chi connectivity index (χ3n) is 4.22. The van der Waals surface area contributed by atoms with Crippen molar-refractivity contribution < 1.29 is 67.2 Å². The number of pyridine rings is 2. The molecular formula is C19H14F8N2O7S. The van der Waals surface area contributed by atoms with E-state index < -0.39 is 69.4 Å². The summed E-state index contributed by atoms with van der Waals surface area (Å²) in [7, 11) is -5.16. The van der Waals surface area contributed by atoms with E-state index in [2.05, 4.69) is 19.4 Å². The quantitative estimate of drug-likeness (QED) is 0.287. The van der Waals surface area contributed by atoms with Crippen molar-refractivity contribution in [2.24, 2.45) is 0 Å². The topological polar surface area (TPSA) is 133 Å². The van der Waals surface area contributed by atoms with E-state index >= 15 is 0 Å². The van der Waals surface area contributed by atoms with Gasteiger partial charge in [0.2, 0.25) is 6.10 Å². The Morgan fingerprint density at radius 1 is 0.838 bits per heavy atom. The van der Waals surface area contributed by atoms with Gasteiger partial charge in [-0.15, -0.1) is 0 Å². The van der Waals surface area contributed by atoms with E-state index in [0.717, 1.165) is 30.5 Å². The molecule has 2 heterocycles. The first-order chi connectivity index (χ1) is 16.7. The normalized spacial score (nSPS) is 14.5. The number of hydrogen-bond acceptors (Lipinski definition) is 8. The largest absolute Gasteiger partial charge is 0.448 e. The Labute approximate surface area is 202 Å². The van der Waals surface area contributed by atoms with E-state index in [1.807, 2.05) is 0 Å². The molecule has 18 heteroatoms. The molecule has 9 nitrogen and oxygen atoms in total. The Hall–Kier alpha value is -3.41. The van der Waals surface area contributed by atoms with Gasteiger partial charge in [0.25, 0.3) is 22.1 Å². The van der Waals surface area contributed by atoms with Crippen LogP contribution < -0.4 is 0 Å². The first-order valence-electron chi connectivity index (χ1n) is 9.49. The molecule has 0 aliphatic rings. The molecule has 0 aliphatic carbocycles. The Morgan fingerprint density at radius 3 is 1.57 bits per heavy atom. The highest BCUT2D eigenvalue weighted by atomic mass is 32.2. The van der Waals surface area contributed by atoms with E-state index in [9.17, 15) is 53.1 Å². The average Bonchev–Trinajstić information content (AvgIpc) is 2.74. The molecule has 204 valence electrons. The third kappa shape index (κ3) is 8.59. The summed E-state index contributed by atoms with van der Waals surface area (Å²) >= 11 is 0.